The first kappa shape index (κ1) is 32.7. The molecule has 9 nitrogen and oxygen atoms in total. The lowest BCUT2D eigenvalue weighted by molar-refractivity contribution is -0.140. The minimum absolute atomic E-state index is 0.105. The van der Waals surface area contributed by atoms with Crippen LogP contribution in [-0.4, -0.2) is 69.1 Å². The fourth-order valence-corrected chi connectivity index (χ4v) is 5.09. The average Bonchev–Trinajstić information content (AvgIpc) is 2.92. The summed E-state index contributed by atoms with van der Waals surface area (Å²) in [7, 11) is 2.92. The van der Waals surface area contributed by atoms with Crippen molar-refractivity contribution in [2.45, 2.75) is 83.6 Å². The molecule has 220 valence electrons. The second kappa shape index (κ2) is 17.9. The van der Waals surface area contributed by atoms with Gasteiger partial charge in [0.05, 0.1) is 30.5 Å². The van der Waals surface area contributed by atoms with Gasteiger partial charge in [0, 0.05) is 51.1 Å². The van der Waals surface area contributed by atoms with Crippen LogP contribution in [0.4, 0.5) is 5.69 Å². The molecule has 1 aromatic rings. The number of nitrogens with zero attached hydrogens (tertiary/aromatic N) is 1. The summed E-state index contributed by atoms with van der Waals surface area (Å²) in [4.78, 5) is 38.5. The number of carbonyl (C=O) groups is 3. The molecule has 0 bridgehead atoms. The molecule has 1 saturated heterocycles. The molecular weight excluding hydrogens is 520 g/mol. The highest BCUT2D eigenvalue weighted by molar-refractivity contribution is 6.33. The monoisotopic (exact) mass is 566 g/mol. The summed E-state index contributed by atoms with van der Waals surface area (Å²) in [6.45, 7) is 5.81. The zero-order valence-corrected chi connectivity index (χ0v) is 24.6. The summed E-state index contributed by atoms with van der Waals surface area (Å²) in [5, 5.41) is 6.47. The zero-order valence-electron chi connectivity index (χ0n) is 23.9. The van der Waals surface area contributed by atoms with E-state index in [9.17, 15) is 14.4 Å². The molecule has 1 atom stereocenters. The molecule has 10 heteroatoms. The van der Waals surface area contributed by atoms with Gasteiger partial charge in [-0.15, -0.1) is 0 Å². The number of esters is 1. The van der Waals surface area contributed by atoms with E-state index in [-0.39, 0.29) is 23.8 Å². The van der Waals surface area contributed by atoms with Gasteiger partial charge < -0.3 is 30.7 Å². The maximum absolute atomic E-state index is 12.8. The lowest BCUT2D eigenvalue weighted by Gasteiger charge is -2.34. The molecule has 39 heavy (non-hydrogen) atoms. The van der Waals surface area contributed by atoms with Gasteiger partial charge in [-0.3, -0.25) is 14.4 Å². The molecule has 1 aliphatic rings. The van der Waals surface area contributed by atoms with Crippen molar-refractivity contribution in [2.75, 3.05) is 46.1 Å². The number of anilines is 1. The number of hydrogen-bond donors (Lipinski definition) is 3. The lowest BCUT2D eigenvalue weighted by atomic mass is 9.99. The first-order valence-corrected chi connectivity index (χ1v) is 14.6. The molecule has 0 aromatic heterocycles. The summed E-state index contributed by atoms with van der Waals surface area (Å²) in [5.41, 5.74) is 6.59. The number of rotatable bonds is 17. The highest BCUT2D eigenvalue weighted by atomic mass is 35.5. The van der Waals surface area contributed by atoms with Crippen LogP contribution < -0.4 is 21.1 Å². The van der Waals surface area contributed by atoms with Crippen molar-refractivity contribution in [3.8, 4) is 5.75 Å². The number of nitrogens with one attached hydrogen (secondary N) is 2. The van der Waals surface area contributed by atoms with E-state index in [1.807, 2.05) is 0 Å². The van der Waals surface area contributed by atoms with E-state index < -0.39 is 0 Å². The number of methoxy groups -OCH3 is 2. The van der Waals surface area contributed by atoms with Gasteiger partial charge in [0.2, 0.25) is 5.91 Å². The van der Waals surface area contributed by atoms with E-state index in [2.05, 4.69) is 27.2 Å². The third kappa shape index (κ3) is 12.5. The average molecular weight is 567 g/mol. The third-order valence-corrected chi connectivity index (χ3v) is 7.59. The van der Waals surface area contributed by atoms with Gasteiger partial charge in [-0.25, -0.2) is 0 Å². The Kier molecular flexibility index (Phi) is 15.0. The van der Waals surface area contributed by atoms with Gasteiger partial charge in [-0.2, -0.15) is 0 Å². The van der Waals surface area contributed by atoms with Crippen LogP contribution >= 0.6 is 11.6 Å². The minimum atomic E-state index is -0.200. The Hall–Kier alpha value is -2.52. The Morgan fingerprint density at radius 3 is 2.44 bits per heavy atom. The van der Waals surface area contributed by atoms with Crippen molar-refractivity contribution >= 4 is 35.1 Å². The summed E-state index contributed by atoms with van der Waals surface area (Å²) in [6, 6.07) is 3.23. The van der Waals surface area contributed by atoms with E-state index in [1.165, 1.54) is 14.2 Å². The SMILES string of the molecule is COC(=O)CCCCCCCNC(=O)CCCC(C)CN1CCC(NC(=O)c2cc(Cl)c(N)cc2OC)CC1. The van der Waals surface area contributed by atoms with Gasteiger partial charge in [0.1, 0.15) is 5.75 Å². The second-order valence-corrected chi connectivity index (χ2v) is 11.0. The van der Waals surface area contributed by atoms with Crippen LogP contribution in [0.25, 0.3) is 0 Å². The topological polar surface area (TPSA) is 123 Å². The van der Waals surface area contributed by atoms with Crippen molar-refractivity contribution in [3.63, 3.8) is 0 Å². The Morgan fingerprint density at radius 1 is 1.05 bits per heavy atom. The van der Waals surface area contributed by atoms with Gasteiger partial charge in [-0.1, -0.05) is 37.8 Å². The number of nitrogen functional groups attached to an aromatic ring is 1. The second-order valence-electron chi connectivity index (χ2n) is 10.6. The Labute approximate surface area is 238 Å². The normalized spacial score (nSPS) is 15.0. The van der Waals surface area contributed by atoms with Crippen molar-refractivity contribution in [1.29, 1.82) is 0 Å². The number of ether oxygens (including phenoxy) is 2. The first-order chi connectivity index (χ1) is 18.7. The molecule has 0 spiro atoms. The predicted octanol–water partition coefficient (Wildman–Crippen LogP) is 4.56. The van der Waals surface area contributed by atoms with Gasteiger partial charge in [0.25, 0.3) is 5.91 Å². The van der Waals surface area contributed by atoms with Gasteiger partial charge in [0.15, 0.2) is 0 Å². The maximum Gasteiger partial charge on any atom is 0.305 e. The van der Waals surface area contributed by atoms with Crippen LogP contribution in [0.5, 0.6) is 5.75 Å². The molecule has 2 rings (SSSR count). The smallest absolute Gasteiger partial charge is 0.305 e. The van der Waals surface area contributed by atoms with E-state index in [4.69, 9.17) is 22.1 Å². The van der Waals surface area contributed by atoms with E-state index >= 15 is 0 Å². The zero-order chi connectivity index (χ0) is 28.6. The molecule has 4 N–H and O–H groups in total. The molecule has 0 saturated carbocycles. The first-order valence-electron chi connectivity index (χ1n) is 14.2. The molecule has 1 aromatic carbocycles. The lowest BCUT2D eigenvalue weighted by Crippen LogP contribution is -2.45. The van der Waals surface area contributed by atoms with Crippen LogP contribution in [0.3, 0.4) is 0 Å². The molecular formula is C29H47ClN4O5. The molecule has 0 radical (unpaired) electrons. The van der Waals surface area contributed by atoms with Crippen LogP contribution in [0.2, 0.25) is 5.02 Å². The summed E-state index contributed by atoms with van der Waals surface area (Å²) < 4.78 is 9.94. The largest absolute Gasteiger partial charge is 0.496 e. The van der Waals surface area contributed by atoms with Crippen LogP contribution in [0.15, 0.2) is 12.1 Å². The number of benzene rings is 1. The van der Waals surface area contributed by atoms with E-state index in [1.54, 1.807) is 12.1 Å². The molecule has 0 aliphatic carbocycles. The number of unbranched alkanes of at least 4 members (excludes halogenated alkanes) is 4. The highest BCUT2D eigenvalue weighted by Crippen LogP contribution is 2.29. The number of carbonyl (C=O) groups excluding carboxylic acids is 3. The maximum atomic E-state index is 12.8. The van der Waals surface area contributed by atoms with Crippen LogP contribution in [-0.2, 0) is 14.3 Å². The fraction of sp³-hybridized carbons (Fsp3) is 0.690. The fourth-order valence-electron chi connectivity index (χ4n) is 4.92. The standard InChI is InChI=1S/C29H47ClN4O5/c1-21(10-9-11-27(35)32-15-8-6-4-5-7-12-28(36)39-3)20-34-16-13-22(14-17-34)33-29(37)23-18-24(30)25(31)19-26(23)38-2/h18-19,21-22H,4-17,20,31H2,1-3H3,(H,32,35)(H,33,37). The molecule has 1 fully saturated rings. The van der Waals surface area contributed by atoms with Crippen molar-refractivity contribution in [3.05, 3.63) is 22.7 Å². The number of amides is 2. The minimum Gasteiger partial charge on any atom is -0.496 e. The Bertz CT molecular complexity index is 921. The Morgan fingerprint density at radius 2 is 1.74 bits per heavy atom. The number of halogens is 1. The van der Waals surface area contributed by atoms with Crippen LogP contribution in [0.1, 0.15) is 87.9 Å². The summed E-state index contributed by atoms with van der Waals surface area (Å²) in [6.07, 6.45) is 9.70. The number of nitrogens with two attached hydrogens (primary N) is 1. The third-order valence-electron chi connectivity index (χ3n) is 7.26. The number of piperidine rings is 1. The predicted molar refractivity (Wildman–Crippen MR) is 155 cm³/mol. The summed E-state index contributed by atoms with van der Waals surface area (Å²) in [5.74, 6) is 0.706. The Balaban J connectivity index is 1.54. The van der Waals surface area contributed by atoms with Crippen LogP contribution in [0, 0.1) is 5.92 Å². The van der Waals surface area contributed by atoms with Gasteiger partial charge in [-0.05, 0) is 50.5 Å². The number of hydrogen-bond acceptors (Lipinski definition) is 7. The van der Waals surface area contributed by atoms with Crippen molar-refractivity contribution in [2.24, 2.45) is 5.92 Å². The molecule has 1 heterocycles. The quantitative estimate of drug-likeness (QED) is 0.143. The van der Waals surface area contributed by atoms with Crippen molar-refractivity contribution < 1.29 is 23.9 Å². The molecule has 2 amide bonds. The van der Waals surface area contributed by atoms with Gasteiger partial charge >= 0.3 is 5.97 Å². The highest BCUT2D eigenvalue weighted by Gasteiger charge is 2.24. The van der Waals surface area contributed by atoms with E-state index in [0.717, 1.165) is 84.0 Å². The van der Waals surface area contributed by atoms with E-state index in [0.29, 0.717) is 40.8 Å². The molecule has 1 aliphatic heterocycles. The molecule has 1 unspecified atom stereocenters. The summed E-state index contributed by atoms with van der Waals surface area (Å²) >= 11 is 6.11. The number of likely N-dealkylation sites (tertiary alicyclic amines) is 1. The van der Waals surface area contributed by atoms with Crippen molar-refractivity contribution in [1.82, 2.24) is 15.5 Å².